The van der Waals surface area contributed by atoms with Crippen molar-refractivity contribution in [1.82, 2.24) is 10.6 Å². The van der Waals surface area contributed by atoms with Gasteiger partial charge in [0.15, 0.2) is 0 Å². The Bertz CT molecular complexity index is 492. The minimum absolute atomic E-state index is 0.0435. The van der Waals surface area contributed by atoms with Gasteiger partial charge >= 0.3 is 0 Å². The highest BCUT2D eigenvalue weighted by atomic mass is 35.5. The number of carbonyl (C=O) groups excluding carboxylic acids is 2. The van der Waals surface area contributed by atoms with Crippen molar-refractivity contribution in [3.8, 4) is 0 Å². The number of nitrogens with one attached hydrogen (secondary N) is 3. The van der Waals surface area contributed by atoms with Crippen LogP contribution in [0.4, 0.5) is 5.69 Å². The number of carbonyl (C=O) groups is 2. The van der Waals surface area contributed by atoms with E-state index >= 15 is 0 Å². The third kappa shape index (κ3) is 3.93. The molecule has 2 rings (SSSR count). The highest BCUT2D eigenvalue weighted by Crippen LogP contribution is 2.15. The molecule has 0 aliphatic carbocycles. The molecule has 2 atom stereocenters. The topological polar surface area (TPSA) is 96.2 Å². The number of nitrogens with two attached hydrogens (primary N) is 1. The molecule has 7 heteroatoms. The van der Waals surface area contributed by atoms with Gasteiger partial charge in [0.25, 0.3) is 0 Å². The van der Waals surface area contributed by atoms with Crippen molar-refractivity contribution in [3.63, 3.8) is 0 Å². The quantitative estimate of drug-likeness (QED) is 0.633. The average Bonchev–Trinajstić information content (AvgIpc) is 2.89. The number of amides is 2. The molecule has 1 aliphatic rings. The maximum atomic E-state index is 12.1. The van der Waals surface area contributed by atoms with E-state index in [1.807, 2.05) is 0 Å². The SMILES string of the molecule is NCC(=O)NC1CNC(C(=O)Nc2ccc(Cl)cc2)C1. The van der Waals surface area contributed by atoms with E-state index in [2.05, 4.69) is 16.0 Å². The summed E-state index contributed by atoms with van der Waals surface area (Å²) in [6, 6.07) is 6.51. The molecule has 20 heavy (non-hydrogen) atoms. The van der Waals surface area contributed by atoms with Crippen LogP contribution in [0.25, 0.3) is 0 Å². The molecule has 0 bridgehead atoms. The molecule has 1 saturated heterocycles. The third-order valence-corrected chi connectivity index (χ3v) is 3.36. The predicted octanol–water partition coefficient (Wildman–Crippen LogP) is 0.0839. The van der Waals surface area contributed by atoms with Crippen LogP contribution >= 0.6 is 11.6 Å². The predicted molar refractivity (Wildman–Crippen MR) is 77.5 cm³/mol. The average molecular weight is 297 g/mol. The van der Waals surface area contributed by atoms with Crippen LogP contribution in [0.15, 0.2) is 24.3 Å². The Morgan fingerprint density at radius 1 is 1.35 bits per heavy atom. The molecule has 0 radical (unpaired) electrons. The van der Waals surface area contributed by atoms with Crippen LogP contribution in [0, 0.1) is 0 Å². The third-order valence-electron chi connectivity index (χ3n) is 3.11. The summed E-state index contributed by atoms with van der Waals surface area (Å²) < 4.78 is 0. The van der Waals surface area contributed by atoms with E-state index < -0.39 is 0 Å². The minimum atomic E-state index is -0.325. The molecule has 108 valence electrons. The smallest absolute Gasteiger partial charge is 0.241 e. The van der Waals surface area contributed by atoms with E-state index in [-0.39, 0.29) is 30.4 Å². The molecule has 0 spiro atoms. The molecule has 1 aliphatic heterocycles. The Labute approximate surface area is 122 Å². The van der Waals surface area contributed by atoms with Gasteiger partial charge in [-0.1, -0.05) is 11.6 Å². The fourth-order valence-electron chi connectivity index (χ4n) is 2.09. The summed E-state index contributed by atoms with van der Waals surface area (Å²) in [4.78, 5) is 23.2. The zero-order valence-electron chi connectivity index (χ0n) is 10.9. The van der Waals surface area contributed by atoms with Gasteiger partial charge in [-0.05, 0) is 30.7 Å². The maximum Gasteiger partial charge on any atom is 0.241 e. The Morgan fingerprint density at radius 3 is 2.70 bits per heavy atom. The van der Waals surface area contributed by atoms with Crippen molar-refractivity contribution in [2.45, 2.75) is 18.5 Å². The van der Waals surface area contributed by atoms with Gasteiger partial charge in [-0.2, -0.15) is 0 Å². The van der Waals surface area contributed by atoms with E-state index in [0.717, 1.165) is 0 Å². The van der Waals surface area contributed by atoms with E-state index in [0.29, 0.717) is 23.7 Å². The number of hydrogen-bond acceptors (Lipinski definition) is 4. The Balaban J connectivity index is 1.85. The first-order valence-electron chi connectivity index (χ1n) is 6.37. The van der Waals surface area contributed by atoms with Gasteiger partial charge in [-0.3, -0.25) is 9.59 Å². The first kappa shape index (κ1) is 14.8. The van der Waals surface area contributed by atoms with Crippen molar-refractivity contribution < 1.29 is 9.59 Å². The normalized spacial score (nSPS) is 21.5. The van der Waals surface area contributed by atoms with Crippen molar-refractivity contribution in [1.29, 1.82) is 0 Å². The van der Waals surface area contributed by atoms with Gasteiger partial charge in [0, 0.05) is 23.3 Å². The summed E-state index contributed by atoms with van der Waals surface area (Å²) in [7, 11) is 0. The van der Waals surface area contributed by atoms with Gasteiger partial charge in [0.1, 0.15) is 0 Å². The van der Waals surface area contributed by atoms with Crippen molar-refractivity contribution in [3.05, 3.63) is 29.3 Å². The van der Waals surface area contributed by atoms with Crippen LogP contribution in [0.5, 0.6) is 0 Å². The largest absolute Gasteiger partial charge is 0.351 e. The Hall–Kier alpha value is -1.63. The van der Waals surface area contributed by atoms with Gasteiger partial charge < -0.3 is 21.7 Å². The summed E-state index contributed by atoms with van der Waals surface area (Å²) in [6.45, 7) is 0.516. The molecule has 1 heterocycles. The first-order chi connectivity index (χ1) is 9.58. The molecule has 6 nitrogen and oxygen atoms in total. The second-order valence-corrected chi connectivity index (χ2v) is 5.10. The van der Waals surface area contributed by atoms with Crippen molar-refractivity contribution in [2.75, 3.05) is 18.4 Å². The molecule has 1 aromatic carbocycles. The summed E-state index contributed by atoms with van der Waals surface area (Å²) >= 11 is 5.78. The molecule has 5 N–H and O–H groups in total. The van der Waals surface area contributed by atoms with Crippen LogP contribution in [0.3, 0.4) is 0 Å². The van der Waals surface area contributed by atoms with Gasteiger partial charge in [0.2, 0.25) is 11.8 Å². The summed E-state index contributed by atoms with van der Waals surface area (Å²) in [6.07, 6.45) is 0.547. The van der Waals surface area contributed by atoms with Crippen LogP contribution < -0.4 is 21.7 Å². The summed E-state index contributed by atoms with van der Waals surface area (Å²) in [5.74, 6) is -0.340. The molecule has 2 amide bonds. The molecule has 2 unspecified atom stereocenters. The van der Waals surface area contributed by atoms with Crippen LogP contribution in [-0.2, 0) is 9.59 Å². The zero-order chi connectivity index (χ0) is 14.5. The Morgan fingerprint density at radius 2 is 2.05 bits per heavy atom. The highest BCUT2D eigenvalue weighted by molar-refractivity contribution is 6.30. The lowest BCUT2D eigenvalue weighted by molar-refractivity contribution is -0.121. The fourth-order valence-corrected chi connectivity index (χ4v) is 2.22. The lowest BCUT2D eigenvalue weighted by atomic mass is 10.1. The minimum Gasteiger partial charge on any atom is -0.351 e. The van der Waals surface area contributed by atoms with Gasteiger partial charge in [-0.25, -0.2) is 0 Å². The molecule has 0 aromatic heterocycles. The van der Waals surface area contributed by atoms with Crippen LogP contribution in [0.1, 0.15) is 6.42 Å². The van der Waals surface area contributed by atoms with E-state index in [1.165, 1.54) is 0 Å². The summed E-state index contributed by atoms with van der Waals surface area (Å²) in [5, 5.41) is 9.25. The molecule has 1 aromatic rings. The second-order valence-electron chi connectivity index (χ2n) is 4.66. The van der Waals surface area contributed by atoms with E-state index in [4.69, 9.17) is 17.3 Å². The van der Waals surface area contributed by atoms with Crippen LogP contribution in [-0.4, -0.2) is 37.0 Å². The molecule has 0 saturated carbocycles. The molecule has 1 fully saturated rings. The van der Waals surface area contributed by atoms with Crippen molar-refractivity contribution >= 4 is 29.1 Å². The number of rotatable bonds is 4. The van der Waals surface area contributed by atoms with Gasteiger partial charge in [0.05, 0.1) is 12.6 Å². The second kappa shape index (κ2) is 6.69. The number of anilines is 1. The monoisotopic (exact) mass is 296 g/mol. The number of benzene rings is 1. The van der Waals surface area contributed by atoms with E-state index in [9.17, 15) is 9.59 Å². The van der Waals surface area contributed by atoms with Gasteiger partial charge in [-0.15, -0.1) is 0 Å². The van der Waals surface area contributed by atoms with E-state index in [1.54, 1.807) is 24.3 Å². The molecular formula is C13H17ClN4O2. The zero-order valence-corrected chi connectivity index (χ0v) is 11.6. The lowest BCUT2D eigenvalue weighted by Gasteiger charge is -2.12. The standard InChI is InChI=1S/C13H17ClN4O2/c14-8-1-3-9(4-2-8)18-13(20)11-5-10(7-16-11)17-12(19)6-15/h1-4,10-11,16H,5-7,15H2,(H,17,19)(H,18,20). The van der Waals surface area contributed by atoms with Crippen LogP contribution in [0.2, 0.25) is 5.02 Å². The van der Waals surface area contributed by atoms with Crippen molar-refractivity contribution in [2.24, 2.45) is 5.73 Å². The Kier molecular flexibility index (Phi) is 4.94. The highest BCUT2D eigenvalue weighted by Gasteiger charge is 2.30. The molecular weight excluding hydrogens is 280 g/mol. The summed E-state index contributed by atoms with van der Waals surface area (Å²) in [5.41, 5.74) is 5.93. The first-order valence-corrected chi connectivity index (χ1v) is 6.75. The number of halogens is 1. The number of hydrogen-bond donors (Lipinski definition) is 4. The fraction of sp³-hybridized carbons (Fsp3) is 0.385. The lowest BCUT2D eigenvalue weighted by Crippen LogP contribution is -2.39. The maximum absolute atomic E-state index is 12.1.